The zero-order valence-electron chi connectivity index (χ0n) is 10.7. The average Bonchev–Trinajstić information content (AvgIpc) is 2.37. The van der Waals surface area contributed by atoms with Crippen molar-refractivity contribution in [2.24, 2.45) is 0 Å². The summed E-state index contributed by atoms with van der Waals surface area (Å²) in [5, 5.41) is 8.57. The highest BCUT2D eigenvalue weighted by atomic mass is 32.2. The maximum atomic E-state index is 11.9. The fourth-order valence-electron chi connectivity index (χ4n) is 1.54. The van der Waals surface area contributed by atoms with Crippen molar-refractivity contribution in [3.8, 4) is 11.8 Å². The van der Waals surface area contributed by atoms with Gasteiger partial charge in [-0.25, -0.2) is 8.42 Å². The lowest BCUT2D eigenvalue weighted by Crippen LogP contribution is -2.06. The zero-order valence-corrected chi connectivity index (χ0v) is 11.5. The molecule has 0 aliphatic rings. The van der Waals surface area contributed by atoms with E-state index in [4.69, 9.17) is 5.11 Å². The van der Waals surface area contributed by atoms with Crippen molar-refractivity contribution in [2.45, 2.75) is 31.1 Å². The lowest BCUT2D eigenvalue weighted by molar-refractivity contribution is -0.136. The van der Waals surface area contributed by atoms with Gasteiger partial charge in [0.25, 0.3) is 0 Å². The molecule has 1 rings (SSSR count). The van der Waals surface area contributed by atoms with Gasteiger partial charge in [0.15, 0.2) is 9.84 Å². The van der Waals surface area contributed by atoms with Crippen LogP contribution in [-0.4, -0.2) is 25.2 Å². The number of carboxylic acid groups (broad SMARTS) is 1. The summed E-state index contributed by atoms with van der Waals surface area (Å²) in [6.45, 7) is 1.67. The van der Waals surface area contributed by atoms with Crippen molar-refractivity contribution in [1.82, 2.24) is 0 Å². The van der Waals surface area contributed by atoms with Crippen LogP contribution in [0.25, 0.3) is 0 Å². The Morgan fingerprint density at radius 3 is 2.42 bits per heavy atom. The van der Waals surface area contributed by atoms with Gasteiger partial charge in [-0.3, -0.25) is 4.79 Å². The SMILES string of the molecule is CC#CCCS(=O)(=O)c1ccc(CCC(=O)O)cc1. The summed E-state index contributed by atoms with van der Waals surface area (Å²) in [7, 11) is -3.30. The van der Waals surface area contributed by atoms with Gasteiger partial charge in [0.1, 0.15) is 0 Å². The van der Waals surface area contributed by atoms with E-state index in [1.807, 2.05) is 0 Å². The van der Waals surface area contributed by atoms with Gasteiger partial charge in [0.05, 0.1) is 10.6 Å². The third-order valence-corrected chi connectivity index (χ3v) is 4.31. The molecule has 1 aromatic carbocycles. The lowest BCUT2D eigenvalue weighted by atomic mass is 10.1. The molecule has 0 saturated carbocycles. The van der Waals surface area contributed by atoms with Crippen LogP contribution in [0.1, 0.15) is 25.3 Å². The molecule has 0 fully saturated rings. The summed E-state index contributed by atoms with van der Waals surface area (Å²) in [5.41, 5.74) is 0.815. The van der Waals surface area contributed by atoms with Crippen LogP contribution in [0.2, 0.25) is 0 Å². The van der Waals surface area contributed by atoms with E-state index >= 15 is 0 Å². The van der Waals surface area contributed by atoms with E-state index in [-0.39, 0.29) is 17.1 Å². The van der Waals surface area contributed by atoms with E-state index in [1.54, 1.807) is 19.1 Å². The predicted octanol–water partition coefficient (Wildman–Crippen LogP) is 1.89. The Bertz CT molecular complexity index is 589. The molecular weight excluding hydrogens is 264 g/mol. The van der Waals surface area contributed by atoms with Gasteiger partial charge in [-0.15, -0.1) is 11.8 Å². The summed E-state index contributed by atoms with van der Waals surface area (Å²) in [5.74, 6) is 4.52. The predicted molar refractivity (Wildman–Crippen MR) is 72.5 cm³/mol. The third kappa shape index (κ3) is 5.14. The number of carboxylic acids is 1. The molecule has 0 unspecified atom stereocenters. The monoisotopic (exact) mass is 280 g/mol. The Kier molecular flexibility index (Phi) is 5.58. The molecule has 0 aromatic heterocycles. The zero-order chi connectivity index (χ0) is 14.3. The van der Waals surface area contributed by atoms with Crippen molar-refractivity contribution in [3.63, 3.8) is 0 Å². The van der Waals surface area contributed by atoms with Crippen LogP contribution < -0.4 is 0 Å². The van der Waals surface area contributed by atoms with Crippen LogP contribution in [0, 0.1) is 11.8 Å². The van der Waals surface area contributed by atoms with Crippen molar-refractivity contribution in [2.75, 3.05) is 5.75 Å². The highest BCUT2D eigenvalue weighted by Crippen LogP contribution is 2.14. The molecule has 0 saturated heterocycles. The first kappa shape index (κ1) is 15.3. The second-order valence-corrected chi connectivity index (χ2v) is 6.14. The van der Waals surface area contributed by atoms with Gasteiger partial charge in [-0.2, -0.15) is 0 Å². The summed E-state index contributed by atoms with van der Waals surface area (Å²) in [6.07, 6.45) is 0.759. The number of aryl methyl sites for hydroxylation is 1. The van der Waals surface area contributed by atoms with Crippen LogP contribution in [0.3, 0.4) is 0 Å². The number of hydrogen-bond acceptors (Lipinski definition) is 3. The topological polar surface area (TPSA) is 71.4 Å². The van der Waals surface area contributed by atoms with Crippen molar-refractivity contribution >= 4 is 15.8 Å². The van der Waals surface area contributed by atoms with Gasteiger partial charge in [0.2, 0.25) is 0 Å². The molecule has 0 heterocycles. The van der Waals surface area contributed by atoms with Gasteiger partial charge in [-0.1, -0.05) is 12.1 Å². The molecule has 0 spiro atoms. The molecule has 1 N–H and O–H groups in total. The number of carbonyl (C=O) groups is 1. The van der Waals surface area contributed by atoms with E-state index in [0.717, 1.165) is 5.56 Å². The molecule has 4 nitrogen and oxygen atoms in total. The van der Waals surface area contributed by atoms with E-state index in [1.165, 1.54) is 12.1 Å². The highest BCUT2D eigenvalue weighted by Gasteiger charge is 2.13. The molecule has 102 valence electrons. The number of benzene rings is 1. The number of rotatable bonds is 6. The standard InChI is InChI=1S/C14H16O4S/c1-2-3-4-11-19(17,18)13-8-5-12(6-9-13)7-10-14(15)16/h5-6,8-9H,4,7,10-11H2,1H3,(H,15,16). The van der Waals surface area contributed by atoms with Crippen LogP contribution in [-0.2, 0) is 21.1 Å². The van der Waals surface area contributed by atoms with Crippen molar-refractivity contribution in [1.29, 1.82) is 0 Å². The van der Waals surface area contributed by atoms with Gasteiger partial charge < -0.3 is 5.11 Å². The molecule has 19 heavy (non-hydrogen) atoms. The third-order valence-electron chi connectivity index (χ3n) is 2.58. The summed E-state index contributed by atoms with van der Waals surface area (Å²) in [4.78, 5) is 10.7. The minimum absolute atomic E-state index is 0.00229. The lowest BCUT2D eigenvalue weighted by Gasteiger charge is -2.04. The minimum atomic E-state index is -3.30. The molecule has 1 aromatic rings. The normalized spacial score (nSPS) is 10.6. The molecular formula is C14H16O4S. The number of aliphatic carboxylic acids is 1. The smallest absolute Gasteiger partial charge is 0.303 e. The second-order valence-electron chi connectivity index (χ2n) is 4.03. The Hall–Kier alpha value is -1.80. The first-order valence-corrected chi connectivity index (χ1v) is 7.54. The Morgan fingerprint density at radius 2 is 1.89 bits per heavy atom. The maximum absolute atomic E-state index is 11.9. The van der Waals surface area contributed by atoms with Gasteiger partial charge in [0, 0.05) is 12.8 Å². The van der Waals surface area contributed by atoms with E-state index in [2.05, 4.69) is 11.8 Å². The van der Waals surface area contributed by atoms with E-state index in [0.29, 0.717) is 12.8 Å². The maximum Gasteiger partial charge on any atom is 0.303 e. The number of hydrogen-bond donors (Lipinski definition) is 1. The first-order valence-electron chi connectivity index (χ1n) is 5.89. The van der Waals surface area contributed by atoms with Crippen LogP contribution in [0.5, 0.6) is 0 Å². The Balaban J connectivity index is 2.73. The molecule has 0 bridgehead atoms. The second kappa shape index (κ2) is 6.95. The molecule has 0 aliphatic heterocycles. The van der Waals surface area contributed by atoms with Crippen molar-refractivity contribution in [3.05, 3.63) is 29.8 Å². The molecule has 0 atom stereocenters. The van der Waals surface area contributed by atoms with Crippen molar-refractivity contribution < 1.29 is 18.3 Å². The fraction of sp³-hybridized carbons (Fsp3) is 0.357. The largest absolute Gasteiger partial charge is 0.481 e. The molecule has 0 radical (unpaired) electrons. The molecule has 0 aliphatic carbocycles. The van der Waals surface area contributed by atoms with E-state index < -0.39 is 15.8 Å². The fourth-order valence-corrected chi connectivity index (χ4v) is 2.70. The first-order chi connectivity index (χ1) is 8.95. The molecule has 0 amide bonds. The Labute approximate surface area is 113 Å². The summed E-state index contributed by atoms with van der Waals surface area (Å²) >= 11 is 0. The van der Waals surface area contributed by atoms with E-state index in [9.17, 15) is 13.2 Å². The highest BCUT2D eigenvalue weighted by molar-refractivity contribution is 7.91. The van der Waals surface area contributed by atoms with Gasteiger partial charge >= 0.3 is 5.97 Å². The Morgan fingerprint density at radius 1 is 1.26 bits per heavy atom. The van der Waals surface area contributed by atoms with Crippen LogP contribution in [0.15, 0.2) is 29.2 Å². The van der Waals surface area contributed by atoms with Gasteiger partial charge in [-0.05, 0) is 31.0 Å². The number of sulfone groups is 1. The summed E-state index contributed by atoms with van der Waals surface area (Å²) < 4.78 is 23.8. The van der Waals surface area contributed by atoms with Crippen LogP contribution in [0.4, 0.5) is 0 Å². The van der Waals surface area contributed by atoms with Crippen LogP contribution >= 0.6 is 0 Å². The molecule has 5 heteroatoms. The summed E-state index contributed by atoms with van der Waals surface area (Å²) in [6, 6.07) is 6.35. The average molecular weight is 280 g/mol. The quantitative estimate of drug-likeness (QED) is 0.808. The minimum Gasteiger partial charge on any atom is -0.481 e.